The molecule has 58 heavy (non-hydrogen) atoms. The molecule has 16 nitrogen and oxygen atoms in total. The van der Waals surface area contributed by atoms with Gasteiger partial charge < -0.3 is 43.9 Å². The fourth-order valence-corrected chi connectivity index (χ4v) is 10.5. The molecule has 0 bridgehead atoms. The van der Waals surface area contributed by atoms with E-state index < -0.39 is 18.0 Å². The molecular weight excluding hydrogens is 843 g/mol. The summed E-state index contributed by atoms with van der Waals surface area (Å²) in [5.74, 6) is 1.73. The summed E-state index contributed by atoms with van der Waals surface area (Å²) in [6.07, 6.45) is 6.83. The Balaban J connectivity index is 0.00000142. The van der Waals surface area contributed by atoms with Crippen LogP contribution in [0.3, 0.4) is 0 Å². The second-order valence-electron chi connectivity index (χ2n) is 13.7. The van der Waals surface area contributed by atoms with Gasteiger partial charge in [0, 0.05) is 55.2 Å². The van der Waals surface area contributed by atoms with E-state index >= 15 is 0 Å². The van der Waals surface area contributed by atoms with Crippen molar-refractivity contribution < 1.29 is 85.0 Å². The molecule has 2 saturated heterocycles. The first-order valence-corrected chi connectivity index (χ1v) is 24.6. The normalized spacial score (nSPS) is 19.1. The van der Waals surface area contributed by atoms with Crippen molar-refractivity contribution in [1.82, 2.24) is 9.80 Å². The minimum Gasteiger partial charge on any atom is -0.533 e. The number of nitrogens with zero attached hydrogens (tertiary/aromatic N) is 3. The van der Waals surface area contributed by atoms with Crippen LogP contribution in [0, 0.1) is 6.54 Å². The van der Waals surface area contributed by atoms with Crippen molar-refractivity contribution in [2.45, 2.75) is 64.1 Å². The number of hydrogen-bond acceptors (Lipinski definition) is 15. The number of ether oxygens (including phenoxy) is 3. The molecule has 2 aromatic carbocycles. The first-order chi connectivity index (χ1) is 27.4. The summed E-state index contributed by atoms with van der Waals surface area (Å²) in [6, 6.07) is 6.69. The van der Waals surface area contributed by atoms with Crippen LogP contribution in [0.2, 0.25) is 0 Å². The van der Waals surface area contributed by atoms with E-state index in [0.29, 0.717) is 71.4 Å². The third kappa shape index (κ3) is 12.1. The van der Waals surface area contributed by atoms with Crippen LogP contribution in [0.15, 0.2) is 24.3 Å². The summed E-state index contributed by atoms with van der Waals surface area (Å²) < 4.78 is 63.0. The van der Waals surface area contributed by atoms with Crippen molar-refractivity contribution in [2.24, 2.45) is 0 Å². The molecule has 21 heteroatoms. The summed E-state index contributed by atoms with van der Waals surface area (Å²) in [7, 11) is -1.48. The summed E-state index contributed by atoms with van der Waals surface area (Å²) in [5, 5.41) is 13.6. The van der Waals surface area contributed by atoms with Crippen LogP contribution in [-0.2, 0) is 31.1 Å². The Morgan fingerprint density at radius 2 is 1.66 bits per heavy atom. The predicted octanol–water partition coefficient (Wildman–Crippen LogP) is 1.89. The molecule has 2 aromatic rings. The van der Waals surface area contributed by atoms with Crippen LogP contribution in [-0.4, -0.2) is 128 Å². The quantitative estimate of drug-likeness (QED) is 0.0768. The number of carbonyl (C=O) groups excluding carboxylic acids is 3. The Bertz CT molecular complexity index is 1940. The number of methoxy groups -OCH3 is 1. The molecule has 3 amide bonds. The Morgan fingerprint density at radius 1 is 0.983 bits per heavy atom. The van der Waals surface area contributed by atoms with Crippen LogP contribution in [0.4, 0.5) is 11.4 Å². The van der Waals surface area contributed by atoms with E-state index in [9.17, 15) is 24.1 Å². The maximum Gasteiger partial charge on any atom is 1.00 e. The van der Waals surface area contributed by atoms with Gasteiger partial charge in [-0.05, 0) is 51.0 Å². The van der Waals surface area contributed by atoms with Crippen LogP contribution >= 0.6 is 29.0 Å². The molecule has 2 N–H and O–H groups in total. The number of fused-ring (bicyclic) bond motifs is 4. The topological polar surface area (TPSA) is 198 Å². The average molecular weight is 893 g/mol. The first-order valence-electron chi connectivity index (χ1n) is 18.9. The molecular formula is C37H50N4NaO12PS3. The van der Waals surface area contributed by atoms with E-state index in [4.69, 9.17) is 31.4 Å². The fraction of sp³-hybridized carbons (Fsp3) is 0.568. The molecule has 0 radical (unpaired) electrons. The van der Waals surface area contributed by atoms with Crippen LogP contribution < -0.4 is 54.0 Å². The van der Waals surface area contributed by atoms with Gasteiger partial charge in [-0.25, -0.2) is 6.54 Å². The zero-order valence-electron chi connectivity index (χ0n) is 33.3. The number of anilines is 2. The first kappa shape index (κ1) is 48.2. The molecule has 0 aromatic heterocycles. The summed E-state index contributed by atoms with van der Waals surface area (Å²) >= 11 is 0. The maximum atomic E-state index is 14.0. The van der Waals surface area contributed by atoms with Crippen molar-refractivity contribution >= 4 is 68.7 Å². The van der Waals surface area contributed by atoms with Gasteiger partial charge in [-0.3, -0.25) is 18.9 Å². The second kappa shape index (κ2) is 22.9. The number of amides is 3. The van der Waals surface area contributed by atoms with E-state index in [2.05, 4.69) is 5.32 Å². The molecule has 3 atom stereocenters. The number of hydrogen-bond donors (Lipinski definition) is 2. The molecule has 314 valence electrons. The molecule has 0 saturated carbocycles. The monoisotopic (exact) mass is 892 g/mol. The minimum atomic E-state index is -3.26. The van der Waals surface area contributed by atoms with Crippen molar-refractivity contribution in [2.75, 3.05) is 81.1 Å². The molecule has 4 heterocycles. The van der Waals surface area contributed by atoms with E-state index in [1.54, 1.807) is 57.7 Å². The van der Waals surface area contributed by atoms with Gasteiger partial charge in [-0.15, -0.1) is 12.6 Å². The third-order valence-corrected chi connectivity index (χ3v) is 14.6. The molecule has 0 aliphatic carbocycles. The van der Waals surface area contributed by atoms with Gasteiger partial charge in [0.25, 0.3) is 11.8 Å². The van der Waals surface area contributed by atoms with Crippen LogP contribution in [0.5, 0.6) is 17.2 Å². The number of aliphatic hydroxyl groups excluding tert-OH is 1. The van der Waals surface area contributed by atoms with E-state index in [0.717, 1.165) is 37.9 Å². The van der Waals surface area contributed by atoms with E-state index in [1.165, 1.54) is 7.11 Å². The van der Waals surface area contributed by atoms with Gasteiger partial charge in [0.05, 0.1) is 68.7 Å². The predicted molar refractivity (Wildman–Crippen MR) is 219 cm³/mol. The van der Waals surface area contributed by atoms with E-state index in [-0.39, 0.29) is 98.1 Å². The smallest absolute Gasteiger partial charge is 0.533 e. The second-order valence-corrected chi connectivity index (χ2v) is 19.5. The summed E-state index contributed by atoms with van der Waals surface area (Å²) in [5.41, 5.74) is 2.40. The van der Waals surface area contributed by atoms with Crippen LogP contribution in [0.25, 0.3) is 0 Å². The Labute approximate surface area is 371 Å². The summed E-state index contributed by atoms with van der Waals surface area (Å²) in [4.78, 5) is 46.0. The van der Waals surface area contributed by atoms with Gasteiger partial charge in [0.15, 0.2) is 11.5 Å². The molecule has 4 aliphatic heterocycles. The molecule has 4 aliphatic rings. The van der Waals surface area contributed by atoms with Crippen molar-refractivity contribution in [3.05, 3.63) is 47.5 Å². The fourth-order valence-electron chi connectivity index (χ4n) is 7.51. The Hall–Kier alpha value is -2.48. The Morgan fingerprint density at radius 3 is 2.33 bits per heavy atom. The molecule has 6 rings (SSSR count). The van der Waals surface area contributed by atoms with Gasteiger partial charge in [0.2, 0.25) is 13.3 Å². The van der Waals surface area contributed by atoms with Gasteiger partial charge in [0.1, 0.15) is 5.75 Å². The third-order valence-electron chi connectivity index (χ3n) is 10.2. The number of nitrogens with one attached hydrogen (secondary N) is 1. The molecule has 2 fully saturated rings. The SMILES string of the molecule is CCOP(=O)(CCOc1cc2c(cc1CO)C(=O)N1CCC[C@H]1CN2C(=O)CCCSSC)CCOc1cc2c(cc1OC)C(=O)N1CCC[C@H]1[CH-]N2.O=S(=O)=O.[Na+]. The molecule has 0 spiro atoms. The van der Waals surface area contributed by atoms with Gasteiger partial charge in [-0.2, -0.15) is 0 Å². The molecule has 1 unspecified atom stereocenters. The zero-order valence-corrected chi connectivity index (χ0v) is 38.7. The summed E-state index contributed by atoms with van der Waals surface area (Å²) in [6.45, 7) is 5.38. The number of benzene rings is 2. The standard InChI is InChI=1S/C37H50N4O9PS2.Na.O3S/c1-4-50-51(46,16-14-49-34-20-30-28(19-33(34)47-2)36(44)39-11-5-8-26(39)22-38-30)15-13-48-32-21-31-29(18-25(32)24-42)37(45)40-12-6-9-27(40)23-41(31)35(43)10-7-17-53-52-3;;1-4(2)3/h18-22,26-27,38,42H,4-17,23-24H2,1-3H3;;/q-1;+1;/t26-,27-,51?;;/m0../s1. The van der Waals surface area contributed by atoms with Crippen LogP contribution in [0.1, 0.15) is 71.7 Å². The zero-order chi connectivity index (χ0) is 41.1. The number of carbonyl (C=O) groups is 3. The largest absolute Gasteiger partial charge is 1.00 e. The Kier molecular flexibility index (Phi) is 19.1. The van der Waals surface area contributed by atoms with Gasteiger partial charge in [-0.1, -0.05) is 34.1 Å². The van der Waals surface area contributed by atoms with Gasteiger partial charge >= 0.3 is 40.2 Å². The minimum absolute atomic E-state index is 0. The maximum absolute atomic E-state index is 14.0. The average Bonchev–Trinajstić information content (AvgIpc) is 3.82. The van der Waals surface area contributed by atoms with E-state index in [1.807, 2.05) is 22.6 Å². The number of rotatable bonds is 17. The van der Waals surface area contributed by atoms with Crippen molar-refractivity contribution in [3.63, 3.8) is 0 Å². The van der Waals surface area contributed by atoms with Crippen molar-refractivity contribution in [3.8, 4) is 17.2 Å². The number of aliphatic hydroxyl groups is 1. The van der Waals surface area contributed by atoms with Crippen molar-refractivity contribution in [1.29, 1.82) is 0 Å².